The lowest BCUT2D eigenvalue weighted by Gasteiger charge is -2.33. The third kappa shape index (κ3) is 6.13. The van der Waals surface area contributed by atoms with Crippen LogP contribution in [-0.2, 0) is 9.53 Å². The predicted octanol–water partition coefficient (Wildman–Crippen LogP) is 5.41. The van der Waals surface area contributed by atoms with Crippen molar-refractivity contribution in [3.8, 4) is 0 Å². The van der Waals surface area contributed by atoms with Gasteiger partial charge in [-0.1, -0.05) is 44.3 Å². The number of carbonyl (C=O) groups excluding carboxylic acids is 1. The zero-order chi connectivity index (χ0) is 18.3. The van der Waals surface area contributed by atoms with Gasteiger partial charge in [0.25, 0.3) is 0 Å². The molecule has 0 heterocycles. The van der Waals surface area contributed by atoms with Crippen molar-refractivity contribution in [2.45, 2.75) is 97.5 Å². The van der Waals surface area contributed by atoms with E-state index in [1.807, 2.05) is 0 Å². The molecule has 3 heteroatoms. The van der Waals surface area contributed by atoms with Crippen LogP contribution in [0.2, 0.25) is 0 Å². The van der Waals surface area contributed by atoms with Crippen molar-refractivity contribution in [3.05, 3.63) is 11.6 Å². The number of esters is 1. The van der Waals surface area contributed by atoms with Gasteiger partial charge in [0.05, 0.1) is 12.0 Å². The minimum absolute atomic E-state index is 0.0422. The summed E-state index contributed by atoms with van der Waals surface area (Å²) < 4.78 is 5.64. The van der Waals surface area contributed by atoms with Gasteiger partial charge in [-0.25, -0.2) is 0 Å². The van der Waals surface area contributed by atoms with Crippen LogP contribution in [0, 0.1) is 17.3 Å². The summed E-state index contributed by atoms with van der Waals surface area (Å²) >= 11 is 0. The van der Waals surface area contributed by atoms with Crippen molar-refractivity contribution in [2.75, 3.05) is 6.61 Å². The Hall–Kier alpha value is -0.830. The standard InChI is InChI=1S/C22H38O3/c1-4-5-6-7-17-8-10-18(11-9-17)19-12-14-20(15-13-19)25-21(24)22(2,3)16-23/h10,17,19-20,23H,4-9,11-16H2,1-3H3. The lowest BCUT2D eigenvalue weighted by molar-refractivity contribution is -0.163. The Morgan fingerprint density at radius 3 is 2.48 bits per heavy atom. The summed E-state index contributed by atoms with van der Waals surface area (Å²) in [6, 6.07) is 0. The average molecular weight is 351 g/mol. The van der Waals surface area contributed by atoms with E-state index in [0.29, 0.717) is 5.92 Å². The molecule has 1 atom stereocenters. The summed E-state index contributed by atoms with van der Waals surface area (Å²) in [6.07, 6.45) is 16.2. The van der Waals surface area contributed by atoms with Gasteiger partial charge in [-0.05, 0) is 70.6 Å². The number of aliphatic hydroxyl groups excluding tert-OH is 1. The van der Waals surface area contributed by atoms with E-state index < -0.39 is 5.41 Å². The largest absolute Gasteiger partial charge is 0.462 e. The van der Waals surface area contributed by atoms with E-state index in [4.69, 9.17) is 4.74 Å². The second-order valence-corrected chi connectivity index (χ2v) is 8.84. The van der Waals surface area contributed by atoms with Crippen LogP contribution in [0.1, 0.15) is 91.4 Å². The normalized spacial score (nSPS) is 27.7. The molecule has 2 aliphatic carbocycles. The zero-order valence-electron chi connectivity index (χ0n) is 16.6. The number of ether oxygens (including phenoxy) is 1. The van der Waals surface area contributed by atoms with Crippen LogP contribution in [0.25, 0.3) is 0 Å². The highest BCUT2D eigenvalue weighted by molar-refractivity contribution is 5.76. The van der Waals surface area contributed by atoms with Crippen molar-refractivity contribution >= 4 is 5.97 Å². The summed E-state index contributed by atoms with van der Waals surface area (Å²) in [5.74, 6) is 1.36. The molecule has 1 unspecified atom stereocenters. The second kappa shape index (κ2) is 9.75. The van der Waals surface area contributed by atoms with Crippen LogP contribution in [-0.4, -0.2) is 23.8 Å². The van der Waals surface area contributed by atoms with Crippen LogP contribution in [0.5, 0.6) is 0 Å². The first-order valence-electron chi connectivity index (χ1n) is 10.5. The fourth-order valence-electron chi connectivity index (χ4n) is 4.15. The highest BCUT2D eigenvalue weighted by Crippen LogP contribution is 2.38. The summed E-state index contributed by atoms with van der Waals surface area (Å²) in [5, 5.41) is 9.29. The molecule has 1 fully saturated rings. The molecule has 144 valence electrons. The van der Waals surface area contributed by atoms with Crippen molar-refractivity contribution < 1.29 is 14.6 Å². The van der Waals surface area contributed by atoms with Crippen LogP contribution in [0.4, 0.5) is 0 Å². The van der Waals surface area contributed by atoms with Gasteiger partial charge >= 0.3 is 5.97 Å². The second-order valence-electron chi connectivity index (χ2n) is 8.84. The molecule has 0 bridgehead atoms. The van der Waals surface area contributed by atoms with Gasteiger partial charge in [0.2, 0.25) is 0 Å². The molecule has 1 N–H and O–H groups in total. The van der Waals surface area contributed by atoms with E-state index in [-0.39, 0.29) is 18.7 Å². The van der Waals surface area contributed by atoms with E-state index in [2.05, 4.69) is 13.0 Å². The Kier molecular flexibility index (Phi) is 7.99. The summed E-state index contributed by atoms with van der Waals surface area (Å²) in [4.78, 5) is 12.1. The van der Waals surface area contributed by atoms with E-state index in [1.165, 1.54) is 44.9 Å². The molecule has 2 aliphatic rings. The molecule has 0 aromatic heterocycles. The third-order valence-electron chi connectivity index (χ3n) is 6.19. The van der Waals surface area contributed by atoms with Gasteiger partial charge in [-0.3, -0.25) is 4.79 Å². The van der Waals surface area contributed by atoms with Gasteiger partial charge < -0.3 is 9.84 Å². The number of unbranched alkanes of at least 4 members (excludes halogenated alkanes) is 2. The van der Waals surface area contributed by atoms with Crippen LogP contribution >= 0.6 is 0 Å². The van der Waals surface area contributed by atoms with Crippen LogP contribution in [0.3, 0.4) is 0 Å². The molecule has 25 heavy (non-hydrogen) atoms. The Balaban J connectivity index is 1.73. The van der Waals surface area contributed by atoms with Crippen molar-refractivity contribution in [2.24, 2.45) is 17.3 Å². The predicted molar refractivity (Wildman–Crippen MR) is 102 cm³/mol. The van der Waals surface area contributed by atoms with Crippen LogP contribution in [0.15, 0.2) is 11.6 Å². The third-order valence-corrected chi connectivity index (χ3v) is 6.19. The molecular formula is C22H38O3. The molecule has 2 rings (SSSR count). The molecule has 0 radical (unpaired) electrons. The molecule has 1 saturated carbocycles. The summed E-state index contributed by atoms with van der Waals surface area (Å²) in [5.41, 5.74) is 0.891. The Morgan fingerprint density at radius 1 is 1.20 bits per heavy atom. The first-order chi connectivity index (χ1) is 12.0. The Bertz CT molecular complexity index is 444. The fraction of sp³-hybridized carbons (Fsp3) is 0.864. The average Bonchev–Trinajstić information content (AvgIpc) is 2.63. The highest BCUT2D eigenvalue weighted by Gasteiger charge is 2.33. The monoisotopic (exact) mass is 350 g/mol. The Labute approximate surface area is 154 Å². The SMILES string of the molecule is CCCCCC1CC=C(C2CCC(OC(=O)C(C)(C)CO)CC2)CC1. The smallest absolute Gasteiger partial charge is 0.314 e. The number of rotatable bonds is 8. The maximum atomic E-state index is 12.1. The Morgan fingerprint density at radius 2 is 1.92 bits per heavy atom. The van der Waals surface area contributed by atoms with E-state index in [0.717, 1.165) is 31.6 Å². The molecule has 0 amide bonds. The maximum Gasteiger partial charge on any atom is 0.314 e. The number of allylic oxidation sites excluding steroid dienone is 2. The van der Waals surface area contributed by atoms with Crippen LogP contribution < -0.4 is 0 Å². The van der Waals surface area contributed by atoms with Gasteiger partial charge in [-0.2, -0.15) is 0 Å². The fourth-order valence-corrected chi connectivity index (χ4v) is 4.15. The van der Waals surface area contributed by atoms with Gasteiger partial charge in [0.1, 0.15) is 6.10 Å². The first-order valence-corrected chi connectivity index (χ1v) is 10.5. The van der Waals surface area contributed by atoms with Crippen molar-refractivity contribution in [1.82, 2.24) is 0 Å². The summed E-state index contributed by atoms with van der Waals surface area (Å²) in [6.45, 7) is 5.60. The van der Waals surface area contributed by atoms with E-state index in [1.54, 1.807) is 19.4 Å². The molecule has 0 saturated heterocycles. The minimum atomic E-state index is -0.782. The lowest BCUT2D eigenvalue weighted by Crippen LogP contribution is -2.35. The highest BCUT2D eigenvalue weighted by atomic mass is 16.5. The van der Waals surface area contributed by atoms with Gasteiger partial charge in [0.15, 0.2) is 0 Å². The number of hydrogen-bond donors (Lipinski definition) is 1. The van der Waals surface area contributed by atoms with Crippen molar-refractivity contribution in [3.63, 3.8) is 0 Å². The van der Waals surface area contributed by atoms with Gasteiger partial charge in [0, 0.05) is 0 Å². The zero-order valence-corrected chi connectivity index (χ0v) is 16.6. The van der Waals surface area contributed by atoms with Crippen molar-refractivity contribution in [1.29, 1.82) is 0 Å². The summed E-state index contributed by atoms with van der Waals surface area (Å²) in [7, 11) is 0. The maximum absolute atomic E-state index is 12.1. The molecule has 0 aromatic rings. The topological polar surface area (TPSA) is 46.5 Å². The quantitative estimate of drug-likeness (QED) is 0.361. The van der Waals surface area contributed by atoms with E-state index in [9.17, 15) is 9.90 Å². The lowest BCUT2D eigenvalue weighted by atomic mass is 9.76. The molecular weight excluding hydrogens is 312 g/mol. The molecule has 0 aromatic carbocycles. The number of aliphatic hydroxyl groups is 1. The molecule has 3 nitrogen and oxygen atoms in total. The minimum Gasteiger partial charge on any atom is -0.462 e. The first kappa shape index (κ1) is 20.5. The van der Waals surface area contributed by atoms with E-state index >= 15 is 0 Å². The van der Waals surface area contributed by atoms with Gasteiger partial charge in [-0.15, -0.1) is 0 Å². The molecule has 0 spiro atoms. The number of carbonyl (C=O) groups is 1. The molecule has 0 aliphatic heterocycles. The number of hydrogen-bond acceptors (Lipinski definition) is 3.